The number of benzene rings is 2. The van der Waals surface area contributed by atoms with Gasteiger partial charge in [-0.1, -0.05) is 6.92 Å². The summed E-state index contributed by atoms with van der Waals surface area (Å²) in [5.74, 6) is 0.266. The highest BCUT2D eigenvalue weighted by Gasteiger charge is 2.13. The van der Waals surface area contributed by atoms with E-state index < -0.39 is 10.0 Å². The van der Waals surface area contributed by atoms with Crippen LogP contribution in [0, 0.1) is 0 Å². The van der Waals surface area contributed by atoms with Crippen LogP contribution >= 0.6 is 12.2 Å². The maximum absolute atomic E-state index is 12.4. The van der Waals surface area contributed by atoms with Crippen molar-refractivity contribution in [3.63, 3.8) is 0 Å². The fourth-order valence-electron chi connectivity index (χ4n) is 2.44. The Labute approximate surface area is 188 Å². The minimum absolute atomic E-state index is 0.0988. The Morgan fingerprint density at radius 3 is 2.29 bits per heavy atom. The van der Waals surface area contributed by atoms with Gasteiger partial charge in [0, 0.05) is 24.4 Å². The summed E-state index contributed by atoms with van der Waals surface area (Å²) in [6.07, 6.45) is 0.705. The van der Waals surface area contributed by atoms with Crippen molar-refractivity contribution in [1.82, 2.24) is 10.0 Å². The molecule has 1 amide bonds. The molecule has 0 fully saturated rings. The maximum atomic E-state index is 12.4. The maximum Gasteiger partial charge on any atom is 0.257 e. The van der Waals surface area contributed by atoms with Gasteiger partial charge in [-0.25, -0.2) is 13.1 Å². The van der Waals surface area contributed by atoms with Crippen LogP contribution < -0.4 is 20.1 Å². The molecule has 0 atom stereocenters. The Kier molecular flexibility index (Phi) is 9.86. The second kappa shape index (κ2) is 12.4. The number of sulfonamides is 1. The van der Waals surface area contributed by atoms with Crippen molar-refractivity contribution in [3.05, 3.63) is 54.1 Å². The van der Waals surface area contributed by atoms with Gasteiger partial charge in [0.25, 0.3) is 5.91 Å². The summed E-state index contributed by atoms with van der Waals surface area (Å²) in [7, 11) is -3.53. The fourth-order valence-corrected chi connectivity index (χ4v) is 3.78. The van der Waals surface area contributed by atoms with Crippen molar-refractivity contribution in [2.75, 3.05) is 31.7 Å². The molecular formula is C21H27N3O5S2. The second-order valence-corrected chi connectivity index (χ2v) is 8.58. The van der Waals surface area contributed by atoms with E-state index in [4.69, 9.17) is 21.7 Å². The van der Waals surface area contributed by atoms with E-state index in [1.165, 1.54) is 12.1 Å². The average molecular weight is 466 g/mol. The molecule has 0 saturated heterocycles. The molecule has 8 nitrogen and oxygen atoms in total. The van der Waals surface area contributed by atoms with Crippen molar-refractivity contribution in [3.8, 4) is 5.75 Å². The Morgan fingerprint density at radius 2 is 1.68 bits per heavy atom. The molecule has 3 N–H and O–H groups in total. The topological polar surface area (TPSA) is 106 Å². The Bertz CT molecular complexity index is 962. The number of amides is 1. The zero-order valence-corrected chi connectivity index (χ0v) is 19.1. The number of carbonyl (C=O) groups is 1. The molecule has 2 rings (SSSR count). The Morgan fingerprint density at radius 1 is 1.00 bits per heavy atom. The monoisotopic (exact) mass is 465 g/mol. The number of nitrogens with one attached hydrogen (secondary N) is 3. The number of carbonyl (C=O) groups excluding carboxylic acids is 1. The average Bonchev–Trinajstić information content (AvgIpc) is 2.76. The summed E-state index contributed by atoms with van der Waals surface area (Å²) in [5.41, 5.74) is 0.975. The minimum atomic E-state index is -3.53. The van der Waals surface area contributed by atoms with Gasteiger partial charge in [-0.05, 0) is 74.1 Å². The molecule has 0 aliphatic carbocycles. The third-order valence-corrected chi connectivity index (χ3v) is 5.69. The van der Waals surface area contributed by atoms with Gasteiger partial charge in [0.05, 0.1) is 11.5 Å². The molecule has 0 spiro atoms. The van der Waals surface area contributed by atoms with Gasteiger partial charge >= 0.3 is 0 Å². The summed E-state index contributed by atoms with van der Waals surface area (Å²) in [6.45, 7) is 5.74. The molecule has 2 aromatic carbocycles. The first-order chi connectivity index (χ1) is 14.9. The van der Waals surface area contributed by atoms with Gasteiger partial charge in [-0.3, -0.25) is 10.1 Å². The predicted octanol–water partition coefficient (Wildman–Crippen LogP) is 2.92. The van der Waals surface area contributed by atoms with Crippen LogP contribution in [0.15, 0.2) is 53.4 Å². The number of hydrogen-bond donors (Lipinski definition) is 3. The first kappa shape index (κ1) is 24.7. The molecule has 2 aromatic rings. The normalized spacial score (nSPS) is 11.0. The molecule has 0 radical (unpaired) electrons. The van der Waals surface area contributed by atoms with Crippen molar-refractivity contribution in [1.29, 1.82) is 0 Å². The lowest BCUT2D eigenvalue weighted by atomic mass is 10.2. The van der Waals surface area contributed by atoms with Crippen LogP contribution in [0.5, 0.6) is 5.75 Å². The zero-order chi connectivity index (χ0) is 22.7. The lowest BCUT2D eigenvalue weighted by molar-refractivity contribution is 0.0977. The van der Waals surface area contributed by atoms with E-state index in [2.05, 4.69) is 15.4 Å². The number of ether oxygens (including phenoxy) is 2. The quantitative estimate of drug-likeness (QED) is 0.346. The van der Waals surface area contributed by atoms with Gasteiger partial charge in [0.2, 0.25) is 10.0 Å². The molecule has 0 saturated carbocycles. The molecule has 0 bridgehead atoms. The van der Waals surface area contributed by atoms with Crippen LogP contribution in [0.25, 0.3) is 0 Å². The summed E-state index contributed by atoms with van der Waals surface area (Å²) < 4.78 is 37.4. The Balaban J connectivity index is 1.87. The van der Waals surface area contributed by atoms with Gasteiger partial charge < -0.3 is 14.8 Å². The van der Waals surface area contributed by atoms with Crippen LogP contribution in [0.3, 0.4) is 0 Å². The van der Waals surface area contributed by atoms with Crippen LogP contribution in [0.4, 0.5) is 5.69 Å². The molecule has 0 aliphatic heterocycles. The molecule has 168 valence electrons. The largest absolute Gasteiger partial charge is 0.491 e. The fraction of sp³-hybridized carbons (Fsp3) is 0.333. The van der Waals surface area contributed by atoms with E-state index in [0.717, 1.165) is 0 Å². The lowest BCUT2D eigenvalue weighted by Gasteiger charge is -2.11. The highest BCUT2D eigenvalue weighted by molar-refractivity contribution is 7.89. The number of anilines is 1. The van der Waals surface area contributed by atoms with E-state index in [-0.39, 0.29) is 15.9 Å². The molecule has 0 aromatic heterocycles. The van der Waals surface area contributed by atoms with Crippen molar-refractivity contribution in [2.24, 2.45) is 0 Å². The van der Waals surface area contributed by atoms with E-state index >= 15 is 0 Å². The van der Waals surface area contributed by atoms with E-state index in [1.54, 1.807) is 36.4 Å². The number of thiocarbonyl (C=S) groups is 1. The molecule has 31 heavy (non-hydrogen) atoms. The second-order valence-electron chi connectivity index (χ2n) is 6.40. The van der Waals surface area contributed by atoms with Crippen LogP contribution in [0.1, 0.15) is 30.6 Å². The lowest BCUT2D eigenvalue weighted by Crippen LogP contribution is -2.34. The van der Waals surface area contributed by atoms with Crippen LogP contribution in [-0.4, -0.2) is 45.8 Å². The number of rotatable bonds is 11. The summed E-state index contributed by atoms with van der Waals surface area (Å²) in [6, 6.07) is 12.8. The molecule has 0 unspecified atom stereocenters. The molecule has 0 heterocycles. The molecule has 0 aliphatic rings. The molecular weight excluding hydrogens is 438 g/mol. The summed E-state index contributed by atoms with van der Waals surface area (Å²) in [5, 5.41) is 5.55. The zero-order valence-electron chi connectivity index (χ0n) is 17.5. The standard InChI is InChI=1S/C21H27N3O5S2/c1-3-13-22-31(26,27)19-11-7-17(8-12-19)23-21(30)24-20(25)16-5-9-18(10-6-16)29-15-14-28-4-2/h5-12,22H,3-4,13-15H2,1-2H3,(H2,23,24,25,30). The summed E-state index contributed by atoms with van der Waals surface area (Å²) >= 11 is 5.17. The molecule has 10 heteroatoms. The first-order valence-corrected chi connectivity index (χ1v) is 11.8. The van der Waals surface area contributed by atoms with E-state index in [9.17, 15) is 13.2 Å². The third-order valence-electron chi connectivity index (χ3n) is 4.01. The highest BCUT2D eigenvalue weighted by Crippen LogP contribution is 2.15. The number of hydrogen-bond acceptors (Lipinski definition) is 6. The van der Waals surface area contributed by atoms with Crippen molar-refractivity contribution >= 4 is 38.9 Å². The third kappa shape index (κ3) is 8.25. The van der Waals surface area contributed by atoms with Gasteiger partial charge in [-0.15, -0.1) is 0 Å². The van der Waals surface area contributed by atoms with Crippen molar-refractivity contribution < 1.29 is 22.7 Å². The van der Waals surface area contributed by atoms with Gasteiger partial charge in [0.1, 0.15) is 12.4 Å². The summed E-state index contributed by atoms with van der Waals surface area (Å²) in [4.78, 5) is 12.5. The van der Waals surface area contributed by atoms with Crippen LogP contribution in [0.2, 0.25) is 0 Å². The Hall–Kier alpha value is -2.53. The van der Waals surface area contributed by atoms with E-state index in [1.807, 2.05) is 13.8 Å². The first-order valence-electron chi connectivity index (χ1n) is 9.88. The minimum Gasteiger partial charge on any atom is -0.491 e. The van der Waals surface area contributed by atoms with E-state index in [0.29, 0.717) is 49.8 Å². The van der Waals surface area contributed by atoms with Crippen molar-refractivity contribution in [2.45, 2.75) is 25.2 Å². The SMILES string of the molecule is CCCNS(=O)(=O)c1ccc(NC(=S)NC(=O)c2ccc(OCCOCC)cc2)cc1. The van der Waals surface area contributed by atoms with Gasteiger partial charge in [-0.2, -0.15) is 0 Å². The smallest absolute Gasteiger partial charge is 0.257 e. The predicted molar refractivity (Wildman–Crippen MR) is 124 cm³/mol. The highest BCUT2D eigenvalue weighted by atomic mass is 32.2. The van der Waals surface area contributed by atoms with Gasteiger partial charge in [0.15, 0.2) is 5.11 Å². The van der Waals surface area contributed by atoms with Crippen LogP contribution in [-0.2, 0) is 14.8 Å².